The molecule has 1 aliphatic rings. The number of nitrogens with one attached hydrogen (secondary N) is 1. The van der Waals surface area contributed by atoms with Crippen LogP contribution in [0.3, 0.4) is 0 Å². The van der Waals surface area contributed by atoms with E-state index in [4.69, 9.17) is 5.73 Å². The third-order valence-electron chi connectivity index (χ3n) is 6.39. The van der Waals surface area contributed by atoms with E-state index < -0.39 is 11.7 Å². The highest BCUT2D eigenvalue weighted by Gasteiger charge is 2.30. The fraction of sp³-hybridized carbons (Fsp3) is 0.138. The average Bonchev–Trinajstić information content (AvgIpc) is 3.32. The molecule has 1 aliphatic heterocycles. The van der Waals surface area contributed by atoms with Gasteiger partial charge in [-0.05, 0) is 71.6 Å². The Kier molecular flexibility index (Phi) is 7.92. The molecule has 0 aliphatic carbocycles. The monoisotopic (exact) mass is 552 g/mol. The van der Waals surface area contributed by atoms with Gasteiger partial charge in [-0.2, -0.15) is 13.2 Å². The largest absolute Gasteiger partial charge is 0.416 e. The summed E-state index contributed by atoms with van der Waals surface area (Å²) < 4.78 is 38.9. The van der Waals surface area contributed by atoms with Crippen LogP contribution in [0.25, 0.3) is 11.1 Å². The molecule has 6 nitrogen and oxygen atoms in total. The van der Waals surface area contributed by atoms with Crippen LogP contribution in [0.4, 0.5) is 30.4 Å². The number of anilines is 3. The molecule has 5 rings (SSSR count). The van der Waals surface area contributed by atoms with Crippen molar-refractivity contribution in [3.05, 3.63) is 107 Å². The van der Waals surface area contributed by atoms with E-state index in [2.05, 4.69) is 10.3 Å². The van der Waals surface area contributed by atoms with Gasteiger partial charge in [-0.1, -0.05) is 36.4 Å². The standard InChI is InChI=1S/C29H23F3N4O2.ClH/c30-29(31,32)20-10-8-18(9-11-20)23-5-1-2-6-24(23)28(38)35-22-12-13-25-19(16-22)14-15-36(25)27(37)17-21-4-3-7-26(33)34-21;/h1-13,16H,14-15,17H2,(H2,33,34)(H,35,38);1H. The normalized spacial score (nSPS) is 12.4. The third-order valence-corrected chi connectivity index (χ3v) is 6.39. The summed E-state index contributed by atoms with van der Waals surface area (Å²) in [7, 11) is 0. The molecular weight excluding hydrogens is 529 g/mol. The van der Waals surface area contributed by atoms with E-state index in [0.29, 0.717) is 46.9 Å². The Hall–Kier alpha value is -4.37. The number of benzene rings is 3. The van der Waals surface area contributed by atoms with E-state index in [0.717, 1.165) is 23.4 Å². The van der Waals surface area contributed by atoms with Crippen molar-refractivity contribution in [1.29, 1.82) is 0 Å². The van der Waals surface area contributed by atoms with Crippen molar-refractivity contribution in [2.24, 2.45) is 0 Å². The summed E-state index contributed by atoms with van der Waals surface area (Å²) in [6.07, 6.45) is -3.67. The van der Waals surface area contributed by atoms with Crippen LogP contribution in [0.5, 0.6) is 0 Å². The molecule has 1 aromatic heterocycles. The van der Waals surface area contributed by atoms with Crippen molar-refractivity contribution < 1.29 is 22.8 Å². The molecule has 200 valence electrons. The summed E-state index contributed by atoms with van der Waals surface area (Å²) >= 11 is 0. The first-order chi connectivity index (χ1) is 18.2. The first-order valence-electron chi connectivity index (χ1n) is 11.9. The summed E-state index contributed by atoms with van der Waals surface area (Å²) in [6.45, 7) is 0.518. The van der Waals surface area contributed by atoms with Crippen LogP contribution in [0.2, 0.25) is 0 Å². The highest BCUT2D eigenvalue weighted by Crippen LogP contribution is 2.33. The summed E-state index contributed by atoms with van der Waals surface area (Å²) in [5.41, 5.74) is 9.18. The lowest BCUT2D eigenvalue weighted by molar-refractivity contribution is -0.137. The van der Waals surface area contributed by atoms with E-state index >= 15 is 0 Å². The molecule has 39 heavy (non-hydrogen) atoms. The lowest BCUT2D eigenvalue weighted by Crippen LogP contribution is -2.30. The number of fused-ring (bicyclic) bond motifs is 1. The second kappa shape index (κ2) is 11.2. The van der Waals surface area contributed by atoms with Crippen LogP contribution in [-0.4, -0.2) is 23.3 Å². The van der Waals surface area contributed by atoms with Crippen molar-refractivity contribution in [3.8, 4) is 11.1 Å². The van der Waals surface area contributed by atoms with Crippen molar-refractivity contribution in [1.82, 2.24) is 4.98 Å². The molecule has 0 bridgehead atoms. The van der Waals surface area contributed by atoms with E-state index in [1.807, 2.05) is 6.07 Å². The van der Waals surface area contributed by atoms with Crippen molar-refractivity contribution in [2.75, 3.05) is 22.5 Å². The number of alkyl halides is 3. The fourth-order valence-electron chi connectivity index (χ4n) is 4.56. The van der Waals surface area contributed by atoms with Crippen molar-refractivity contribution >= 4 is 41.4 Å². The molecular formula is C29H24ClF3N4O2. The van der Waals surface area contributed by atoms with Gasteiger partial charge >= 0.3 is 6.18 Å². The summed E-state index contributed by atoms with van der Waals surface area (Å²) in [6, 6.07) is 22.0. The smallest absolute Gasteiger partial charge is 0.384 e. The minimum absolute atomic E-state index is 0. The predicted molar refractivity (Wildman–Crippen MR) is 147 cm³/mol. The van der Waals surface area contributed by atoms with Gasteiger partial charge in [0.05, 0.1) is 17.7 Å². The molecule has 0 unspecified atom stereocenters. The lowest BCUT2D eigenvalue weighted by Gasteiger charge is -2.18. The minimum atomic E-state index is -4.43. The summed E-state index contributed by atoms with van der Waals surface area (Å²) in [4.78, 5) is 32.0. The van der Waals surface area contributed by atoms with Gasteiger partial charge in [-0.3, -0.25) is 9.59 Å². The molecule has 3 N–H and O–H groups in total. The van der Waals surface area contributed by atoms with Gasteiger partial charge in [0, 0.05) is 23.5 Å². The number of carbonyl (C=O) groups excluding carboxylic acids is 2. The molecule has 0 fully saturated rings. The molecule has 0 spiro atoms. The maximum absolute atomic E-state index is 13.2. The zero-order valence-electron chi connectivity index (χ0n) is 20.5. The van der Waals surface area contributed by atoms with Gasteiger partial charge in [0.25, 0.3) is 5.91 Å². The molecule has 2 heterocycles. The number of halogens is 4. The fourth-order valence-corrected chi connectivity index (χ4v) is 4.56. The average molecular weight is 553 g/mol. The van der Waals surface area contributed by atoms with E-state index in [-0.39, 0.29) is 30.6 Å². The highest BCUT2D eigenvalue weighted by atomic mass is 35.5. The summed E-state index contributed by atoms with van der Waals surface area (Å²) in [5.74, 6) is -0.124. The van der Waals surface area contributed by atoms with Crippen molar-refractivity contribution in [2.45, 2.75) is 19.0 Å². The van der Waals surface area contributed by atoms with Crippen LogP contribution in [0.15, 0.2) is 84.9 Å². The Morgan fingerprint density at radius 3 is 2.41 bits per heavy atom. The SMILES string of the molecule is Cl.Nc1cccc(CC(=O)N2CCc3cc(NC(=O)c4ccccc4-c4ccc(C(F)(F)F)cc4)ccc32)n1. The first-order valence-corrected chi connectivity index (χ1v) is 11.9. The van der Waals surface area contributed by atoms with Crippen LogP contribution in [0, 0.1) is 0 Å². The van der Waals surface area contributed by atoms with E-state index in [9.17, 15) is 22.8 Å². The maximum Gasteiger partial charge on any atom is 0.416 e. The number of hydrogen-bond donors (Lipinski definition) is 2. The zero-order valence-corrected chi connectivity index (χ0v) is 21.4. The number of hydrogen-bond acceptors (Lipinski definition) is 4. The number of nitrogens with two attached hydrogens (primary N) is 1. The minimum Gasteiger partial charge on any atom is -0.384 e. The molecule has 3 aromatic carbocycles. The predicted octanol–water partition coefficient (Wildman–Crippen LogP) is 6.16. The number of pyridine rings is 1. The van der Waals surface area contributed by atoms with Gasteiger partial charge in [0.2, 0.25) is 5.91 Å². The Labute approximate surface area is 229 Å². The van der Waals surface area contributed by atoms with Gasteiger partial charge < -0.3 is 16.0 Å². The molecule has 0 atom stereocenters. The zero-order chi connectivity index (χ0) is 26.9. The quantitative estimate of drug-likeness (QED) is 0.310. The molecule has 2 amide bonds. The Morgan fingerprint density at radius 2 is 1.69 bits per heavy atom. The van der Waals surface area contributed by atoms with Crippen LogP contribution in [0.1, 0.15) is 27.2 Å². The van der Waals surface area contributed by atoms with E-state index in [1.165, 1.54) is 12.1 Å². The highest BCUT2D eigenvalue weighted by molar-refractivity contribution is 6.09. The number of carbonyl (C=O) groups is 2. The second-order valence-electron chi connectivity index (χ2n) is 8.94. The number of aromatic nitrogens is 1. The molecule has 0 saturated carbocycles. The number of nitrogens with zero attached hydrogens (tertiary/aromatic N) is 2. The van der Waals surface area contributed by atoms with Crippen LogP contribution in [-0.2, 0) is 23.8 Å². The summed E-state index contributed by atoms with van der Waals surface area (Å²) in [5, 5.41) is 2.88. The number of amides is 2. The van der Waals surface area contributed by atoms with Gasteiger partial charge in [-0.15, -0.1) is 12.4 Å². The van der Waals surface area contributed by atoms with E-state index in [1.54, 1.807) is 59.5 Å². The Morgan fingerprint density at radius 1 is 0.949 bits per heavy atom. The lowest BCUT2D eigenvalue weighted by atomic mass is 9.98. The van der Waals surface area contributed by atoms with Crippen LogP contribution >= 0.6 is 12.4 Å². The van der Waals surface area contributed by atoms with Gasteiger partial charge in [0.1, 0.15) is 5.82 Å². The number of rotatable bonds is 5. The second-order valence-corrected chi connectivity index (χ2v) is 8.94. The Balaban J connectivity index is 0.00000353. The maximum atomic E-state index is 13.2. The third kappa shape index (κ3) is 6.04. The van der Waals surface area contributed by atoms with Crippen LogP contribution < -0.4 is 16.0 Å². The molecule has 0 saturated heterocycles. The molecule has 10 heteroatoms. The topological polar surface area (TPSA) is 88.3 Å². The number of nitrogen functional groups attached to an aromatic ring is 1. The molecule has 0 radical (unpaired) electrons. The Bertz CT molecular complexity index is 1520. The van der Waals surface area contributed by atoms with Crippen molar-refractivity contribution in [3.63, 3.8) is 0 Å². The van der Waals surface area contributed by atoms with Gasteiger partial charge in [-0.25, -0.2) is 4.98 Å². The van der Waals surface area contributed by atoms with Gasteiger partial charge in [0.15, 0.2) is 0 Å². The molecule has 4 aromatic rings. The first kappa shape index (κ1) is 27.7.